The lowest BCUT2D eigenvalue weighted by Gasteiger charge is -2.10. The molecule has 1 rings (SSSR count). The monoisotopic (exact) mass is 145 g/mol. The topological polar surface area (TPSA) is 66.8 Å². The van der Waals surface area contributed by atoms with Crippen LogP contribution in [-0.2, 0) is 9.63 Å². The van der Waals surface area contributed by atoms with Crippen LogP contribution in [0.4, 0.5) is 4.79 Å². The maximum Gasteiger partial charge on any atom is 0.530 e. The van der Waals surface area contributed by atoms with Crippen molar-refractivity contribution in [1.29, 1.82) is 0 Å². The third-order valence-electron chi connectivity index (χ3n) is 1.22. The van der Waals surface area contributed by atoms with Crippen molar-refractivity contribution in [3.8, 4) is 0 Å². The van der Waals surface area contributed by atoms with Gasteiger partial charge in [0.15, 0.2) is 0 Å². The number of carboxylic acid groups (broad SMARTS) is 1. The fourth-order valence-corrected chi connectivity index (χ4v) is 0.814. The molecule has 1 aliphatic rings. The van der Waals surface area contributed by atoms with E-state index in [2.05, 4.69) is 4.84 Å². The minimum Gasteiger partial charge on any atom is -0.448 e. The second-order valence-electron chi connectivity index (χ2n) is 1.96. The Morgan fingerprint density at radius 1 is 1.70 bits per heavy atom. The summed E-state index contributed by atoms with van der Waals surface area (Å²) in [5, 5.41) is 8.94. The number of hydroxylamine groups is 2. The van der Waals surface area contributed by atoms with Gasteiger partial charge in [0, 0.05) is 6.42 Å². The summed E-state index contributed by atoms with van der Waals surface area (Å²) in [6, 6.07) is 0. The number of nitrogens with zero attached hydrogens (tertiary/aromatic N) is 1. The molecule has 5 heteroatoms. The smallest absolute Gasteiger partial charge is 0.448 e. The van der Waals surface area contributed by atoms with Crippen molar-refractivity contribution in [3.05, 3.63) is 0 Å². The van der Waals surface area contributed by atoms with Crippen molar-refractivity contribution in [2.24, 2.45) is 0 Å². The molecule has 1 amide bonds. The first-order chi connectivity index (χ1) is 4.70. The van der Waals surface area contributed by atoms with Crippen molar-refractivity contribution in [1.82, 2.24) is 5.06 Å². The fraction of sp³-hybridized carbons (Fsp3) is 0.600. The van der Waals surface area contributed by atoms with Crippen molar-refractivity contribution in [2.45, 2.75) is 12.8 Å². The normalized spacial score (nSPS) is 17.6. The van der Waals surface area contributed by atoms with Gasteiger partial charge in [0.05, 0.1) is 6.54 Å². The van der Waals surface area contributed by atoms with Gasteiger partial charge >= 0.3 is 6.16 Å². The minimum absolute atomic E-state index is 0.262. The summed E-state index contributed by atoms with van der Waals surface area (Å²) < 4.78 is 0. The van der Waals surface area contributed by atoms with Crippen LogP contribution in [0.1, 0.15) is 12.8 Å². The SMILES string of the molecule is O=C(O)ON1CCCC1=O. The van der Waals surface area contributed by atoms with Crippen LogP contribution in [-0.4, -0.2) is 28.8 Å². The van der Waals surface area contributed by atoms with Crippen LogP contribution in [0.2, 0.25) is 0 Å². The lowest BCUT2D eigenvalue weighted by molar-refractivity contribution is -0.162. The summed E-state index contributed by atoms with van der Waals surface area (Å²) in [5.74, 6) is -0.262. The van der Waals surface area contributed by atoms with Gasteiger partial charge in [-0.2, -0.15) is 5.06 Å². The summed E-state index contributed by atoms with van der Waals surface area (Å²) in [5.41, 5.74) is 0. The van der Waals surface area contributed by atoms with Crippen LogP contribution in [0.25, 0.3) is 0 Å². The molecule has 56 valence electrons. The van der Waals surface area contributed by atoms with Gasteiger partial charge in [0.1, 0.15) is 0 Å². The zero-order chi connectivity index (χ0) is 7.56. The van der Waals surface area contributed by atoms with Crippen LogP contribution < -0.4 is 0 Å². The Morgan fingerprint density at radius 2 is 2.40 bits per heavy atom. The number of carbonyl (C=O) groups excluding carboxylic acids is 1. The largest absolute Gasteiger partial charge is 0.530 e. The van der Waals surface area contributed by atoms with Crippen molar-refractivity contribution in [3.63, 3.8) is 0 Å². The standard InChI is InChI=1S/C5H7NO4/c7-4-2-1-3-6(4)10-5(8)9/h1-3H2,(H,8,9). The van der Waals surface area contributed by atoms with Gasteiger partial charge in [-0.1, -0.05) is 0 Å². The first kappa shape index (κ1) is 6.85. The summed E-state index contributed by atoms with van der Waals surface area (Å²) >= 11 is 0. The molecule has 1 fully saturated rings. The Balaban J connectivity index is 2.40. The zero-order valence-corrected chi connectivity index (χ0v) is 5.24. The Hall–Kier alpha value is -1.26. The number of amides is 1. The van der Waals surface area contributed by atoms with Crippen LogP contribution in [0, 0.1) is 0 Å². The second kappa shape index (κ2) is 2.55. The molecule has 0 bridgehead atoms. The molecule has 0 atom stereocenters. The number of hydrogen-bond donors (Lipinski definition) is 1. The Bertz CT molecular complexity index is 167. The molecule has 0 aromatic carbocycles. The first-order valence-electron chi connectivity index (χ1n) is 2.91. The molecule has 0 aromatic heterocycles. The molecule has 1 N–H and O–H groups in total. The van der Waals surface area contributed by atoms with E-state index in [-0.39, 0.29) is 5.91 Å². The van der Waals surface area contributed by atoms with Crippen LogP contribution in [0.3, 0.4) is 0 Å². The summed E-state index contributed by atoms with van der Waals surface area (Å²) in [6.45, 7) is 0.380. The first-order valence-corrected chi connectivity index (χ1v) is 2.91. The van der Waals surface area contributed by atoms with Gasteiger partial charge in [-0.3, -0.25) is 4.79 Å². The van der Waals surface area contributed by atoms with Crippen LogP contribution in [0.15, 0.2) is 0 Å². The lowest BCUT2D eigenvalue weighted by Crippen LogP contribution is -2.27. The van der Waals surface area contributed by atoms with E-state index < -0.39 is 6.16 Å². The minimum atomic E-state index is -1.43. The number of hydrogen-bond acceptors (Lipinski definition) is 3. The molecule has 0 unspecified atom stereocenters. The highest BCUT2D eigenvalue weighted by Gasteiger charge is 2.23. The molecule has 0 aromatic rings. The van der Waals surface area contributed by atoms with Crippen molar-refractivity contribution in [2.75, 3.05) is 6.54 Å². The quantitative estimate of drug-likeness (QED) is 0.573. The summed E-state index contributed by atoms with van der Waals surface area (Å²) in [7, 11) is 0. The maximum atomic E-state index is 10.6. The third kappa shape index (κ3) is 1.37. The van der Waals surface area contributed by atoms with Crippen LogP contribution in [0.5, 0.6) is 0 Å². The highest BCUT2D eigenvalue weighted by molar-refractivity contribution is 5.78. The molecule has 1 saturated heterocycles. The summed E-state index contributed by atoms with van der Waals surface area (Å²) in [6.07, 6.45) is -0.380. The van der Waals surface area contributed by atoms with Crippen molar-refractivity contribution >= 4 is 12.1 Å². The van der Waals surface area contributed by atoms with E-state index in [0.717, 1.165) is 5.06 Å². The van der Waals surface area contributed by atoms with Gasteiger partial charge in [-0.05, 0) is 6.42 Å². The second-order valence-corrected chi connectivity index (χ2v) is 1.96. The molecule has 10 heavy (non-hydrogen) atoms. The number of carbonyl (C=O) groups is 2. The van der Waals surface area contributed by atoms with E-state index in [9.17, 15) is 9.59 Å². The molecular formula is C5H7NO4. The van der Waals surface area contributed by atoms with E-state index in [1.165, 1.54) is 0 Å². The van der Waals surface area contributed by atoms with E-state index in [1.54, 1.807) is 0 Å². The average molecular weight is 145 g/mol. The Morgan fingerprint density at radius 3 is 2.80 bits per heavy atom. The predicted molar refractivity (Wildman–Crippen MR) is 30.1 cm³/mol. The van der Waals surface area contributed by atoms with E-state index in [1.807, 2.05) is 0 Å². The molecule has 1 heterocycles. The highest BCUT2D eigenvalue weighted by atomic mass is 16.8. The average Bonchev–Trinajstić information content (AvgIpc) is 2.15. The molecule has 0 saturated carbocycles. The third-order valence-corrected chi connectivity index (χ3v) is 1.22. The van der Waals surface area contributed by atoms with E-state index in [0.29, 0.717) is 19.4 Å². The van der Waals surface area contributed by atoms with Crippen molar-refractivity contribution < 1.29 is 19.5 Å². The Labute approximate surface area is 57.1 Å². The van der Waals surface area contributed by atoms with Crippen LogP contribution >= 0.6 is 0 Å². The van der Waals surface area contributed by atoms with E-state index in [4.69, 9.17) is 5.11 Å². The lowest BCUT2D eigenvalue weighted by atomic mass is 10.4. The summed E-state index contributed by atoms with van der Waals surface area (Å²) in [4.78, 5) is 24.7. The van der Waals surface area contributed by atoms with Gasteiger partial charge in [0.25, 0.3) is 5.91 Å². The predicted octanol–water partition coefficient (Wildman–Crippen LogP) is 0.218. The fourth-order valence-electron chi connectivity index (χ4n) is 0.814. The molecule has 0 aliphatic carbocycles. The molecule has 0 spiro atoms. The molecule has 5 nitrogen and oxygen atoms in total. The van der Waals surface area contributed by atoms with Gasteiger partial charge in [-0.25, -0.2) is 4.79 Å². The van der Waals surface area contributed by atoms with Gasteiger partial charge in [0.2, 0.25) is 0 Å². The molecule has 1 aliphatic heterocycles. The molecule has 0 radical (unpaired) electrons. The zero-order valence-electron chi connectivity index (χ0n) is 5.24. The Kier molecular flexibility index (Phi) is 1.75. The van der Waals surface area contributed by atoms with Gasteiger partial charge in [-0.15, -0.1) is 0 Å². The number of rotatable bonds is 1. The van der Waals surface area contributed by atoms with Gasteiger partial charge < -0.3 is 9.94 Å². The highest BCUT2D eigenvalue weighted by Crippen LogP contribution is 2.09. The maximum absolute atomic E-state index is 10.6. The van der Waals surface area contributed by atoms with E-state index >= 15 is 0 Å². The molecular weight excluding hydrogens is 138 g/mol.